The molecule has 2 N–H and O–H groups in total. The Morgan fingerprint density at radius 3 is 2.92 bits per heavy atom. The monoisotopic (exact) mass is 175 g/mol. The van der Waals surface area contributed by atoms with E-state index in [2.05, 4.69) is 11.1 Å². The molecule has 0 unspecified atom stereocenters. The molecular formula is C10H13N3. The molecule has 1 aromatic carbocycles. The molecule has 0 bridgehead atoms. The van der Waals surface area contributed by atoms with Crippen LogP contribution in [0.15, 0.2) is 24.5 Å². The lowest BCUT2D eigenvalue weighted by Crippen LogP contribution is -2.04. The summed E-state index contributed by atoms with van der Waals surface area (Å²) in [6, 6.07) is 6.21. The van der Waals surface area contributed by atoms with Crippen molar-refractivity contribution in [2.45, 2.75) is 13.0 Å². The van der Waals surface area contributed by atoms with Crippen LogP contribution < -0.4 is 5.73 Å². The number of hydrogen-bond donors (Lipinski definition) is 1. The van der Waals surface area contributed by atoms with Gasteiger partial charge in [0, 0.05) is 13.1 Å². The van der Waals surface area contributed by atoms with Crippen LogP contribution in [0.4, 0.5) is 0 Å². The number of imidazole rings is 1. The highest BCUT2D eigenvalue weighted by Gasteiger charge is 2.03. The predicted molar refractivity (Wildman–Crippen MR) is 53.3 cm³/mol. The second-order valence-corrected chi connectivity index (χ2v) is 3.39. The fraction of sp³-hybridized carbons (Fsp3) is 0.300. The topological polar surface area (TPSA) is 43.8 Å². The van der Waals surface area contributed by atoms with E-state index >= 15 is 0 Å². The first-order valence-corrected chi connectivity index (χ1v) is 4.35. The van der Waals surface area contributed by atoms with E-state index in [9.17, 15) is 0 Å². The standard InChI is InChI=1S/C10H13N3/c1-7(11)8-3-4-9-10(5-8)13(2)6-12-9/h3-7H,11H2,1-2H3/t7-/m0/s1. The lowest BCUT2D eigenvalue weighted by Gasteiger charge is -2.05. The lowest BCUT2D eigenvalue weighted by molar-refractivity contribution is 0.818. The first kappa shape index (κ1) is 8.26. The smallest absolute Gasteiger partial charge is 0.0955 e. The third kappa shape index (κ3) is 1.31. The summed E-state index contributed by atoms with van der Waals surface area (Å²) in [6.07, 6.45) is 1.82. The summed E-state index contributed by atoms with van der Waals surface area (Å²) in [4.78, 5) is 4.24. The van der Waals surface area contributed by atoms with Gasteiger partial charge >= 0.3 is 0 Å². The Balaban J connectivity index is 2.66. The van der Waals surface area contributed by atoms with Gasteiger partial charge in [-0.05, 0) is 24.6 Å². The zero-order valence-electron chi connectivity index (χ0n) is 7.86. The third-order valence-electron chi connectivity index (χ3n) is 2.28. The van der Waals surface area contributed by atoms with Crippen LogP contribution in [0.3, 0.4) is 0 Å². The number of rotatable bonds is 1. The highest BCUT2D eigenvalue weighted by atomic mass is 15.0. The minimum atomic E-state index is 0.0827. The van der Waals surface area contributed by atoms with Crippen LogP contribution >= 0.6 is 0 Å². The van der Waals surface area contributed by atoms with Crippen molar-refractivity contribution in [1.82, 2.24) is 9.55 Å². The molecule has 1 aromatic heterocycles. The van der Waals surface area contributed by atoms with Gasteiger partial charge in [0.2, 0.25) is 0 Å². The molecule has 0 saturated carbocycles. The molecule has 68 valence electrons. The molecule has 0 aliphatic heterocycles. The van der Waals surface area contributed by atoms with Crippen LogP contribution in [-0.4, -0.2) is 9.55 Å². The summed E-state index contributed by atoms with van der Waals surface area (Å²) in [7, 11) is 1.99. The second-order valence-electron chi connectivity index (χ2n) is 3.39. The molecule has 0 spiro atoms. The van der Waals surface area contributed by atoms with E-state index in [1.165, 1.54) is 0 Å². The molecule has 13 heavy (non-hydrogen) atoms. The fourth-order valence-electron chi connectivity index (χ4n) is 1.43. The molecule has 3 heteroatoms. The largest absolute Gasteiger partial charge is 0.334 e. The molecule has 2 rings (SSSR count). The maximum absolute atomic E-state index is 5.79. The molecule has 0 radical (unpaired) electrons. The van der Waals surface area contributed by atoms with E-state index in [0.29, 0.717) is 0 Å². The Morgan fingerprint density at radius 1 is 1.46 bits per heavy atom. The van der Waals surface area contributed by atoms with Crippen molar-refractivity contribution in [3.63, 3.8) is 0 Å². The zero-order valence-corrected chi connectivity index (χ0v) is 7.86. The van der Waals surface area contributed by atoms with Crippen LogP contribution in [-0.2, 0) is 7.05 Å². The second kappa shape index (κ2) is 2.85. The van der Waals surface area contributed by atoms with Crippen molar-refractivity contribution >= 4 is 11.0 Å². The van der Waals surface area contributed by atoms with E-state index in [0.717, 1.165) is 16.6 Å². The molecule has 0 amide bonds. The first-order chi connectivity index (χ1) is 6.18. The van der Waals surface area contributed by atoms with Gasteiger partial charge in [0.15, 0.2) is 0 Å². The molecule has 0 saturated heterocycles. The van der Waals surface area contributed by atoms with Crippen LogP contribution in [0.25, 0.3) is 11.0 Å². The van der Waals surface area contributed by atoms with Crippen molar-refractivity contribution < 1.29 is 0 Å². The van der Waals surface area contributed by atoms with Gasteiger partial charge in [0.25, 0.3) is 0 Å². The van der Waals surface area contributed by atoms with Gasteiger partial charge in [-0.25, -0.2) is 4.98 Å². The van der Waals surface area contributed by atoms with Gasteiger partial charge in [0.1, 0.15) is 0 Å². The molecule has 1 heterocycles. The zero-order chi connectivity index (χ0) is 9.42. The Bertz CT molecular complexity index is 429. The van der Waals surface area contributed by atoms with Gasteiger partial charge < -0.3 is 10.3 Å². The molecule has 1 atom stereocenters. The highest BCUT2D eigenvalue weighted by molar-refractivity contribution is 5.76. The quantitative estimate of drug-likeness (QED) is 0.715. The van der Waals surface area contributed by atoms with Gasteiger partial charge in [-0.3, -0.25) is 0 Å². The normalized spacial score (nSPS) is 13.5. The summed E-state index contributed by atoms with van der Waals surface area (Å²) in [5, 5.41) is 0. The molecule has 3 nitrogen and oxygen atoms in total. The average Bonchev–Trinajstić information content (AvgIpc) is 2.47. The summed E-state index contributed by atoms with van der Waals surface area (Å²) < 4.78 is 2.00. The van der Waals surface area contributed by atoms with Crippen LogP contribution in [0.5, 0.6) is 0 Å². The number of hydrogen-bond acceptors (Lipinski definition) is 2. The van der Waals surface area contributed by atoms with Crippen molar-refractivity contribution in [3.05, 3.63) is 30.1 Å². The number of aromatic nitrogens is 2. The summed E-state index contributed by atoms with van der Waals surface area (Å²) in [5.74, 6) is 0. The number of benzene rings is 1. The Labute approximate surface area is 77.2 Å². The van der Waals surface area contributed by atoms with E-state index in [1.807, 2.05) is 37.0 Å². The number of nitrogens with two attached hydrogens (primary N) is 1. The van der Waals surface area contributed by atoms with Gasteiger partial charge in [-0.1, -0.05) is 6.07 Å². The van der Waals surface area contributed by atoms with E-state index in [4.69, 9.17) is 5.73 Å². The first-order valence-electron chi connectivity index (χ1n) is 4.35. The van der Waals surface area contributed by atoms with E-state index in [1.54, 1.807) is 0 Å². The highest BCUT2D eigenvalue weighted by Crippen LogP contribution is 2.17. The minimum absolute atomic E-state index is 0.0827. The Morgan fingerprint density at radius 2 is 2.23 bits per heavy atom. The predicted octanol–water partition coefficient (Wildman–Crippen LogP) is 1.59. The summed E-state index contributed by atoms with van der Waals surface area (Å²) in [5.41, 5.74) is 9.10. The van der Waals surface area contributed by atoms with Crippen LogP contribution in [0.2, 0.25) is 0 Å². The maximum atomic E-state index is 5.79. The van der Waals surface area contributed by atoms with Crippen molar-refractivity contribution in [2.75, 3.05) is 0 Å². The molecular weight excluding hydrogens is 162 g/mol. The van der Waals surface area contributed by atoms with Crippen molar-refractivity contribution in [1.29, 1.82) is 0 Å². The van der Waals surface area contributed by atoms with Crippen LogP contribution in [0.1, 0.15) is 18.5 Å². The molecule has 2 aromatic rings. The number of nitrogens with zero attached hydrogens (tertiary/aromatic N) is 2. The average molecular weight is 175 g/mol. The Kier molecular flexibility index (Phi) is 1.81. The summed E-state index contributed by atoms with van der Waals surface area (Å²) in [6.45, 7) is 1.98. The molecule has 0 aliphatic rings. The van der Waals surface area contributed by atoms with Crippen LogP contribution in [0, 0.1) is 0 Å². The number of fused-ring (bicyclic) bond motifs is 1. The molecule has 0 fully saturated rings. The Hall–Kier alpha value is -1.35. The molecule has 0 aliphatic carbocycles. The lowest BCUT2D eigenvalue weighted by atomic mass is 10.1. The van der Waals surface area contributed by atoms with E-state index in [-0.39, 0.29) is 6.04 Å². The number of aryl methyl sites for hydroxylation is 1. The van der Waals surface area contributed by atoms with Gasteiger partial charge in [-0.15, -0.1) is 0 Å². The van der Waals surface area contributed by atoms with Gasteiger partial charge in [-0.2, -0.15) is 0 Å². The fourth-order valence-corrected chi connectivity index (χ4v) is 1.43. The third-order valence-corrected chi connectivity index (χ3v) is 2.28. The summed E-state index contributed by atoms with van der Waals surface area (Å²) >= 11 is 0. The SMILES string of the molecule is C[C@H](N)c1ccc2ncn(C)c2c1. The van der Waals surface area contributed by atoms with Crippen molar-refractivity contribution in [2.24, 2.45) is 12.8 Å². The van der Waals surface area contributed by atoms with Crippen molar-refractivity contribution in [3.8, 4) is 0 Å². The van der Waals surface area contributed by atoms with Gasteiger partial charge in [0.05, 0.1) is 17.4 Å². The minimum Gasteiger partial charge on any atom is -0.334 e. The maximum Gasteiger partial charge on any atom is 0.0955 e. The van der Waals surface area contributed by atoms with E-state index < -0.39 is 0 Å².